The van der Waals surface area contributed by atoms with Gasteiger partial charge >= 0.3 is 23.9 Å². The minimum absolute atomic E-state index is 0.0162. The summed E-state index contributed by atoms with van der Waals surface area (Å²) < 4.78 is 27.0. The molecule has 0 bridgehead atoms. The number of rotatable bonds is 10. The monoisotopic (exact) mass is 558 g/mol. The van der Waals surface area contributed by atoms with Crippen molar-refractivity contribution < 1.29 is 42.5 Å². The van der Waals surface area contributed by atoms with Gasteiger partial charge in [-0.2, -0.15) is 0 Å². The molecule has 2 aromatic carbocycles. The van der Waals surface area contributed by atoms with E-state index < -0.39 is 23.9 Å². The van der Waals surface area contributed by atoms with Crippen LogP contribution in [0.15, 0.2) is 89.4 Å². The van der Waals surface area contributed by atoms with Gasteiger partial charge in [0.25, 0.3) is 0 Å². The molecule has 0 aliphatic carbocycles. The molecule has 0 saturated heterocycles. The molecule has 0 aliphatic rings. The molecular formula is C30H26N2O9. The van der Waals surface area contributed by atoms with Crippen LogP contribution in [0.5, 0.6) is 23.0 Å². The van der Waals surface area contributed by atoms with Crippen LogP contribution in [0.25, 0.3) is 22.9 Å². The highest BCUT2D eigenvalue weighted by Gasteiger charge is 2.19. The summed E-state index contributed by atoms with van der Waals surface area (Å²) in [5.74, 6) is -2.86. The van der Waals surface area contributed by atoms with Gasteiger partial charge in [-0.15, -0.1) is 10.2 Å². The fourth-order valence-electron chi connectivity index (χ4n) is 2.86. The molecular weight excluding hydrogens is 532 g/mol. The van der Waals surface area contributed by atoms with Gasteiger partial charge < -0.3 is 23.4 Å². The van der Waals surface area contributed by atoms with Crippen molar-refractivity contribution in [2.45, 2.75) is 27.7 Å². The first-order chi connectivity index (χ1) is 19.2. The summed E-state index contributed by atoms with van der Waals surface area (Å²) in [7, 11) is 0. The van der Waals surface area contributed by atoms with Crippen molar-refractivity contribution in [2.75, 3.05) is 0 Å². The molecule has 0 spiro atoms. The minimum atomic E-state index is -0.705. The van der Waals surface area contributed by atoms with Crippen LogP contribution in [0, 0.1) is 0 Å². The predicted octanol–water partition coefficient (Wildman–Crippen LogP) is 5.33. The SMILES string of the molecule is C=C(C)C(=O)Oc1cc(OC(=O)C(=C)C)cc(-c2nnc(-c3cc(OC(=O)C(=C)C)cc(OC(=O)C(=C)C)c3)o2)c1. The highest BCUT2D eigenvalue weighted by atomic mass is 16.6. The van der Waals surface area contributed by atoms with Crippen LogP contribution >= 0.6 is 0 Å². The van der Waals surface area contributed by atoms with Gasteiger partial charge in [-0.3, -0.25) is 0 Å². The summed E-state index contributed by atoms with van der Waals surface area (Å²) in [6.45, 7) is 20.1. The molecule has 3 aromatic rings. The van der Waals surface area contributed by atoms with Gasteiger partial charge in [-0.25, -0.2) is 19.2 Å². The summed E-state index contributed by atoms with van der Waals surface area (Å²) in [6.07, 6.45) is 0. The Morgan fingerprint density at radius 2 is 0.756 bits per heavy atom. The van der Waals surface area contributed by atoms with E-state index in [9.17, 15) is 19.2 Å². The molecule has 0 fully saturated rings. The van der Waals surface area contributed by atoms with Crippen LogP contribution in [0.2, 0.25) is 0 Å². The number of aromatic nitrogens is 2. The molecule has 0 amide bonds. The highest BCUT2D eigenvalue weighted by Crippen LogP contribution is 2.34. The molecule has 0 saturated carbocycles. The third kappa shape index (κ3) is 7.96. The van der Waals surface area contributed by atoms with E-state index in [1.54, 1.807) is 0 Å². The maximum Gasteiger partial charge on any atom is 0.338 e. The number of hydrogen-bond acceptors (Lipinski definition) is 11. The number of carbonyl (C=O) groups is 4. The number of ether oxygens (including phenoxy) is 4. The number of esters is 4. The number of benzene rings is 2. The second-order valence-electron chi connectivity index (χ2n) is 8.98. The van der Waals surface area contributed by atoms with E-state index in [-0.39, 0.29) is 68.2 Å². The van der Waals surface area contributed by atoms with Crippen molar-refractivity contribution in [3.05, 3.63) is 85.0 Å². The van der Waals surface area contributed by atoms with Gasteiger partial charge in [-0.1, -0.05) is 26.3 Å². The van der Waals surface area contributed by atoms with Crippen LogP contribution in [-0.2, 0) is 19.2 Å². The van der Waals surface area contributed by atoms with E-state index in [2.05, 4.69) is 36.5 Å². The van der Waals surface area contributed by atoms with E-state index in [1.165, 1.54) is 64.1 Å². The largest absolute Gasteiger partial charge is 0.423 e. The topological polar surface area (TPSA) is 144 Å². The first-order valence-corrected chi connectivity index (χ1v) is 11.9. The van der Waals surface area contributed by atoms with Crippen LogP contribution in [0.3, 0.4) is 0 Å². The molecule has 11 heteroatoms. The second-order valence-corrected chi connectivity index (χ2v) is 8.98. The zero-order valence-corrected chi connectivity index (χ0v) is 22.9. The lowest BCUT2D eigenvalue weighted by Crippen LogP contribution is -2.10. The average Bonchev–Trinajstić information content (AvgIpc) is 3.38. The van der Waals surface area contributed by atoms with E-state index >= 15 is 0 Å². The van der Waals surface area contributed by atoms with Gasteiger partial charge in [-0.05, 0) is 52.0 Å². The van der Waals surface area contributed by atoms with Gasteiger partial charge in [0.05, 0.1) is 0 Å². The van der Waals surface area contributed by atoms with Crippen molar-refractivity contribution in [3.8, 4) is 45.9 Å². The maximum absolute atomic E-state index is 12.1. The molecule has 0 N–H and O–H groups in total. The van der Waals surface area contributed by atoms with Gasteiger partial charge in [0.15, 0.2) is 0 Å². The van der Waals surface area contributed by atoms with Crippen LogP contribution in [0.1, 0.15) is 27.7 Å². The predicted molar refractivity (Wildman–Crippen MR) is 147 cm³/mol. The fourth-order valence-corrected chi connectivity index (χ4v) is 2.86. The van der Waals surface area contributed by atoms with E-state index in [4.69, 9.17) is 23.4 Å². The van der Waals surface area contributed by atoms with Crippen molar-refractivity contribution in [1.29, 1.82) is 0 Å². The summed E-state index contributed by atoms with van der Waals surface area (Å²) >= 11 is 0. The summed E-state index contributed by atoms with van der Waals surface area (Å²) in [5, 5.41) is 8.07. The molecule has 0 radical (unpaired) electrons. The molecule has 41 heavy (non-hydrogen) atoms. The van der Waals surface area contributed by atoms with Crippen LogP contribution in [0.4, 0.5) is 0 Å². The molecule has 1 aromatic heterocycles. The number of nitrogens with zero attached hydrogens (tertiary/aromatic N) is 2. The van der Waals surface area contributed by atoms with Crippen molar-refractivity contribution in [2.24, 2.45) is 0 Å². The summed E-state index contributed by atoms with van der Waals surface area (Å²) in [5.41, 5.74) is 1.05. The lowest BCUT2D eigenvalue weighted by atomic mass is 10.2. The first-order valence-electron chi connectivity index (χ1n) is 11.9. The third-order valence-electron chi connectivity index (χ3n) is 4.92. The zero-order chi connectivity index (χ0) is 30.4. The van der Waals surface area contributed by atoms with Gasteiger partial charge in [0.1, 0.15) is 23.0 Å². The summed E-state index contributed by atoms with van der Waals surface area (Å²) in [6, 6.07) is 8.32. The molecule has 0 atom stereocenters. The smallest absolute Gasteiger partial charge is 0.338 e. The Balaban J connectivity index is 2.06. The Kier molecular flexibility index (Phi) is 9.15. The molecule has 11 nitrogen and oxygen atoms in total. The molecule has 3 rings (SSSR count). The fraction of sp³-hybridized carbons (Fsp3) is 0.133. The Morgan fingerprint density at radius 3 is 0.976 bits per heavy atom. The minimum Gasteiger partial charge on any atom is -0.423 e. The molecule has 1 heterocycles. The quantitative estimate of drug-likeness (QED) is 0.181. The Hall–Kier alpha value is -5.58. The van der Waals surface area contributed by atoms with Crippen molar-refractivity contribution in [1.82, 2.24) is 10.2 Å². The zero-order valence-electron chi connectivity index (χ0n) is 22.9. The Labute approximate surface area is 235 Å². The van der Waals surface area contributed by atoms with E-state index in [0.29, 0.717) is 0 Å². The molecule has 210 valence electrons. The average molecular weight is 559 g/mol. The lowest BCUT2D eigenvalue weighted by molar-refractivity contribution is -0.131. The van der Waals surface area contributed by atoms with Gasteiger partial charge in [0, 0.05) is 45.6 Å². The van der Waals surface area contributed by atoms with Crippen molar-refractivity contribution >= 4 is 23.9 Å². The Bertz CT molecular complexity index is 1420. The Morgan fingerprint density at radius 1 is 0.512 bits per heavy atom. The van der Waals surface area contributed by atoms with Crippen LogP contribution < -0.4 is 18.9 Å². The second kappa shape index (κ2) is 12.5. The standard InChI is InChI=1S/C30H26N2O9/c1-15(2)27(33)37-21-9-19(10-22(13-21)38-28(34)16(3)4)25-31-32-26(41-25)20-11-23(39-29(35)17(5)6)14-24(12-20)40-30(36)18(7)8/h9-14H,1,3,5,7H2,2,4,6,8H3. The first kappa shape index (κ1) is 30.0. The van der Waals surface area contributed by atoms with E-state index in [1.807, 2.05) is 0 Å². The molecule has 0 aliphatic heterocycles. The van der Waals surface area contributed by atoms with Gasteiger partial charge in [0.2, 0.25) is 11.8 Å². The molecule has 0 unspecified atom stereocenters. The lowest BCUT2D eigenvalue weighted by Gasteiger charge is -2.10. The summed E-state index contributed by atoms with van der Waals surface area (Å²) in [4.78, 5) is 48.5. The number of carbonyl (C=O) groups excluding carboxylic acids is 4. The normalized spacial score (nSPS) is 10.2. The van der Waals surface area contributed by atoms with Crippen LogP contribution in [-0.4, -0.2) is 34.1 Å². The van der Waals surface area contributed by atoms with E-state index in [0.717, 1.165) is 0 Å². The van der Waals surface area contributed by atoms with Crippen molar-refractivity contribution in [3.63, 3.8) is 0 Å². The highest BCUT2D eigenvalue weighted by molar-refractivity contribution is 5.91. The maximum atomic E-state index is 12.1. The number of hydrogen-bond donors (Lipinski definition) is 0. The third-order valence-corrected chi connectivity index (χ3v) is 4.92.